The quantitative estimate of drug-likeness (QED) is 0.381. The van der Waals surface area contributed by atoms with Crippen LogP contribution in [0.3, 0.4) is 0 Å². The molecule has 0 aliphatic rings. The van der Waals surface area contributed by atoms with E-state index in [1.54, 1.807) is 4.57 Å². The Labute approximate surface area is 163 Å². The number of nitro groups is 1. The van der Waals surface area contributed by atoms with Crippen LogP contribution >= 0.6 is 11.3 Å². The third-order valence-electron chi connectivity index (χ3n) is 4.16. The number of thiazole rings is 1. The first-order valence-corrected chi connectivity index (χ1v) is 9.13. The van der Waals surface area contributed by atoms with E-state index in [9.17, 15) is 19.7 Å². The SMILES string of the molecule is COC(=O)Cn1c(=NC(=O)c2ccccc2[N+](=O)[O-])sc2c(C)cc(C)cc21. The van der Waals surface area contributed by atoms with Crippen LogP contribution in [0.2, 0.25) is 0 Å². The summed E-state index contributed by atoms with van der Waals surface area (Å²) in [7, 11) is 1.28. The standard InChI is InChI=1S/C19H17N3O5S/c1-11-8-12(2)17-15(9-11)21(10-16(23)27-3)19(28-17)20-18(24)13-6-4-5-7-14(13)22(25)26/h4-9H,10H2,1-3H3. The summed E-state index contributed by atoms with van der Waals surface area (Å²) < 4.78 is 7.23. The molecule has 0 aliphatic heterocycles. The molecule has 3 aromatic rings. The molecule has 0 unspecified atom stereocenters. The number of para-hydroxylation sites is 1. The number of nitro benzene ring substituents is 1. The van der Waals surface area contributed by atoms with E-state index in [0.29, 0.717) is 0 Å². The minimum absolute atomic E-state index is 0.109. The van der Waals surface area contributed by atoms with Gasteiger partial charge in [0, 0.05) is 6.07 Å². The average molecular weight is 399 g/mol. The third kappa shape index (κ3) is 3.70. The molecule has 1 amide bonds. The monoisotopic (exact) mass is 399 g/mol. The van der Waals surface area contributed by atoms with Gasteiger partial charge in [-0.05, 0) is 37.1 Å². The predicted octanol–water partition coefficient (Wildman–Crippen LogP) is 3.14. The van der Waals surface area contributed by atoms with Gasteiger partial charge in [0.15, 0.2) is 4.80 Å². The minimum atomic E-state index is -0.744. The van der Waals surface area contributed by atoms with Crippen LogP contribution in [-0.4, -0.2) is 28.5 Å². The highest BCUT2D eigenvalue weighted by atomic mass is 32.1. The van der Waals surface area contributed by atoms with Crippen LogP contribution < -0.4 is 4.80 Å². The maximum Gasteiger partial charge on any atom is 0.325 e. The molecule has 0 N–H and O–H groups in total. The lowest BCUT2D eigenvalue weighted by atomic mass is 10.1. The van der Waals surface area contributed by atoms with Gasteiger partial charge in [-0.15, -0.1) is 0 Å². The number of aryl methyl sites for hydroxylation is 2. The zero-order valence-corrected chi connectivity index (χ0v) is 16.3. The average Bonchev–Trinajstić information content (AvgIpc) is 2.99. The van der Waals surface area contributed by atoms with Crippen LogP contribution in [0.15, 0.2) is 41.4 Å². The molecule has 0 saturated carbocycles. The van der Waals surface area contributed by atoms with Crippen molar-refractivity contribution in [1.82, 2.24) is 4.57 Å². The smallest absolute Gasteiger partial charge is 0.325 e. The van der Waals surface area contributed by atoms with E-state index in [2.05, 4.69) is 4.99 Å². The summed E-state index contributed by atoms with van der Waals surface area (Å²) >= 11 is 1.25. The topological polar surface area (TPSA) is 104 Å². The second kappa shape index (κ2) is 7.73. The van der Waals surface area contributed by atoms with Gasteiger partial charge < -0.3 is 9.30 Å². The second-order valence-corrected chi connectivity index (χ2v) is 7.15. The largest absolute Gasteiger partial charge is 0.468 e. The van der Waals surface area contributed by atoms with Crippen LogP contribution in [0.1, 0.15) is 21.5 Å². The van der Waals surface area contributed by atoms with E-state index in [4.69, 9.17) is 4.74 Å². The van der Waals surface area contributed by atoms with Gasteiger partial charge >= 0.3 is 5.97 Å². The van der Waals surface area contributed by atoms with Crippen molar-refractivity contribution in [2.45, 2.75) is 20.4 Å². The Morgan fingerprint density at radius 3 is 2.64 bits per heavy atom. The van der Waals surface area contributed by atoms with E-state index in [0.717, 1.165) is 21.3 Å². The Kier molecular flexibility index (Phi) is 5.36. The first-order chi connectivity index (χ1) is 13.3. The molecule has 1 aromatic heterocycles. The minimum Gasteiger partial charge on any atom is -0.468 e. The second-order valence-electron chi connectivity index (χ2n) is 6.17. The molecule has 3 rings (SSSR count). The Morgan fingerprint density at radius 2 is 1.96 bits per heavy atom. The molecular formula is C19H17N3O5S. The van der Waals surface area contributed by atoms with Gasteiger partial charge in [0.25, 0.3) is 11.6 Å². The van der Waals surface area contributed by atoms with Crippen molar-refractivity contribution < 1.29 is 19.2 Å². The number of rotatable bonds is 4. The summed E-state index contributed by atoms with van der Waals surface area (Å²) in [6.07, 6.45) is 0. The molecule has 0 aliphatic carbocycles. The van der Waals surface area contributed by atoms with Gasteiger partial charge in [-0.25, -0.2) is 0 Å². The van der Waals surface area contributed by atoms with Gasteiger partial charge in [0.1, 0.15) is 12.1 Å². The summed E-state index contributed by atoms with van der Waals surface area (Å²) in [5.41, 5.74) is 2.31. The Bertz CT molecular complexity index is 1180. The maximum absolute atomic E-state index is 12.7. The lowest BCUT2D eigenvalue weighted by Gasteiger charge is -2.05. The number of methoxy groups -OCH3 is 1. The van der Waals surface area contributed by atoms with E-state index < -0.39 is 16.8 Å². The van der Waals surface area contributed by atoms with Crippen molar-refractivity contribution in [2.24, 2.45) is 4.99 Å². The number of esters is 1. The van der Waals surface area contributed by atoms with Crippen molar-refractivity contribution >= 4 is 39.1 Å². The fourth-order valence-electron chi connectivity index (χ4n) is 2.91. The van der Waals surface area contributed by atoms with Crippen molar-refractivity contribution in [3.63, 3.8) is 0 Å². The molecule has 1 heterocycles. The molecule has 28 heavy (non-hydrogen) atoms. The van der Waals surface area contributed by atoms with E-state index in [-0.39, 0.29) is 22.6 Å². The third-order valence-corrected chi connectivity index (χ3v) is 5.39. The normalized spacial score (nSPS) is 11.6. The van der Waals surface area contributed by atoms with Crippen molar-refractivity contribution in [3.05, 3.63) is 68.0 Å². The fourth-order valence-corrected chi connectivity index (χ4v) is 3.98. The summed E-state index contributed by atoms with van der Waals surface area (Å²) in [6, 6.07) is 9.53. The Balaban J connectivity index is 2.23. The van der Waals surface area contributed by atoms with Crippen LogP contribution in [0.25, 0.3) is 10.2 Å². The number of hydrogen-bond acceptors (Lipinski definition) is 6. The number of ether oxygens (including phenoxy) is 1. The van der Waals surface area contributed by atoms with Gasteiger partial charge in [-0.2, -0.15) is 4.99 Å². The number of fused-ring (bicyclic) bond motifs is 1. The summed E-state index contributed by atoms with van der Waals surface area (Å²) in [5, 5.41) is 11.2. The molecule has 0 fully saturated rings. The van der Waals surface area contributed by atoms with Crippen LogP contribution in [0.4, 0.5) is 5.69 Å². The molecule has 0 saturated heterocycles. The highest BCUT2D eigenvalue weighted by molar-refractivity contribution is 7.16. The molecule has 0 radical (unpaired) electrons. The van der Waals surface area contributed by atoms with Gasteiger partial charge in [-0.3, -0.25) is 19.7 Å². The molecule has 9 heteroatoms. The van der Waals surface area contributed by atoms with Gasteiger partial charge in [-0.1, -0.05) is 29.5 Å². The Morgan fingerprint density at radius 1 is 1.25 bits per heavy atom. The van der Waals surface area contributed by atoms with Crippen molar-refractivity contribution in [3.8, 4) is 0 Å². The first kappa shape index (κ1) is 19.4. The number of benzene rings is 2. The van der Waals surface area contributed by atoms with Crippen LogP contribution in [0.5, 0.6) is 0 Å². The van der Waals surface area contributed by atoms with E-state index >= 15 is 0 Å². The highest BCUT2D eigenvalue weighted by Gasteiger charge is 2.20. The molecule has 0 atom stereocenters. The number of amides is 1. The summed E-state index contributed by atoms with van der Waals surface area (Å²) in [5.74, 6) is -1.23. The van der Waals surface area contributed by atoms with Gasteiger partial charge in [0.2, 0.25) is 0 Å². The van der Waals surface area contributed by atoms with Crippen molar-refractivity contribution in [2.75, 3.05) is 7.11 Å². The summed E-state index contributed by atoms with van der Waals surface area (Å²) in [6.45, 7) is 3.74. The fraction of sp³-hybridized carbons (Fsp3) is 0.211. The first-order valence-electron chi connectivity index (χ1n) is 8.31. The molecule has 0 spiro atoms. The van der Waals surface area contributed by atoms with Crippen LogP contribution in [-0.2, 0) is 16.1 Å². The van der Waals surface area contributed by atoms with E-state index in [1.165, 1.54) is 42.7 Å². The lowest BCUT2D eigenvalue weighted by molar-refractivity contribution is -0.385. The molecule has 2 aromatic carbocycles. The summed E-state index contributed by atoms with van der Waals surface area (Å²) in [4.78, 5) is 39.5. The number of hydrogen-bond donors (Lipinski definition) is 0. The molecule has 144 valence electrons. The lowest BCUT2D eigenvalue weighted by Crippen LogP contribution is -2.22. The molecule has 8 nitrogen and oxygen atoms in total. The number of nitrogens with zero attached hydrogens (tertiary/aromatic N) is 3. The zero-order chi connectivity index (χ0) is 20.4. The molecule has 0 bridgehead atoms. The Hall–Kier alpha value is -3.33. The zero-order valence-electron chi connectivity index (χ0n) is 15.5. The number of carbonyl (C=O) groups is 2. The highest BCUT2D eigenvalue weighted by Crippen LogP contribution is 2.24. The number of carbonyl (C=O) groups excluding carboxylic acids is 2. The maximum atomic E-state index is 12.7. The van der Waals surface area contributed by atoms with Crippen LogP contribution in [0, 0.1) is 24.0 Å². The molecular weight excluding hydrogens is 382 g/mol. The van der Waals surface area contributed by atoms with E-state index in [1.807, 2.05) is 26.0 Å². The number of aromatic nitrogens is 1. The van der Waals surface area contributed by atoms with Crippen molar-refractivity contribution in [1.29, 1.82) is 0 Å². The van der Waals surface area contributed by atoms with Gasteiger partial charge in [0.05, 0.1) is 22.2 Å². The predicted molar refractivity (Wildman–Crippen MR) is 104 cm³/mol.